The molecular weight excluding hydrogens is 216 g/mol. The molecule has 2 fully saturated rings. The Morgan fingerprint density at radius 2 is 2.31 bits per heavy atom. The molecule has 2 heterocycles. The lowest BCUT2D eigenvalue weighted by molar-refractivity contribution is -0.159. The van der Waals surface area contributed by atoms with E-state index in [-0.39, 0.29) is 12.4 Å². The van der Waals surface area contributed by atoms with Crippen LogP contribution in [0.25, 0.3) is 0 Å². The molecule has 6 nitrogen and oxygen atoms in total. The monoisotopic (exact) mass is 230 g/mol. The lowest BCUT2D eigenvalue weighted by Crippen LogP contribution is -2.40. The molecule has 0 spiro atoms. The van der Waals surface area contributed by atoms with Crippen molar-refractivity contribution in [1.82, 2.24) is 0 Å². The molecule has 0 radical (unpaired) electrons. The van der Waals surface area contributed by atoms with E-state index in [2.05, 4.69) is 0 Å². The predicted octanol–water partition coefficient (Wildman–Crippen LogP) is -0.618. The van der Waals surface area contributed by atoms with E-state index in [4.69, 9.17) is 14.2 Å². The van der Waals surface area contributed by atoms with Crippen molar-refractivity contribution in [1.29, 1.82) is 0 Å². The first-order chi connectivity index (χ1) is 7.49. The molecule has 2 rings (SSSR count). The first-order valence-electron chi connectivity index (χ1n) is 5.19. The highest BCUT2D eigenvalue weighted by molar-refractivity contribution is 5.73. The van der Waals surface area contributed by atoms with Gasteiger partial charge in [0.25, 0.3) is 0 Å². The van der Waals surface area contributed by atoms with Crippen molar-refractivity contribution in [3.8, 4) is 0 Å². The molecule has 90 valence electrons. The van der Waals surface area contributed by atoms with Crippen LogP contribution in [-0.4, -0.2) is 47.6 Å². The number of esters is 2. The van der Waals surface area contributed by atoms with Crippen molar-refractivity contribution >= 4 is 11.9 Å². The van der Waals surface area contributed by atoms with E-state index >= 15 is 0 Å². The molecule has 0 bridgehead atoms. The Labute approximate surface area is 92.5 Å². The van der Waals surface area contributed by atoms with Crippen LogP contribution in [0.1, 0.15) is 20.3 Å². The molecule has 5 atom stereocenters. The second kappa shape index (κ2) is 4.03. The Kier molecular flexibility index (Phi) is 2.86. The molecule has 0 aromatic rings. The number of hydrogen-bond donors (Lipinski definition) is 1. The van der Waals surface area contributed by atoms with Crippen LogP contribution in [0.5, 0.6) is 0 Å². The third-order valence-corrected chi connectivity index (χ3v) is 2.82. The quantitative estimate of drug-likeness (QED) is 0.637. The van der Waals surface area contributed by atoms with Crippen molar-refractivity contribution < 1.29 is 28.9 Å². The minimum absolute atomic E-state index is 0.144. The summed E-state index contributed by atoms with van der Waals surface area (Å²) >= 11 is 0. The molecule has 0 unspecified atom stereocenters. The lowest BCUT2D eigenvalue weighted by atomic mass is 10.0. The van der Waals surface area contributed by atoms with Crippen LogP contribution >= 0.6 is 0 Å². The summed E-state index contributed by atoms with van der Waals surface area (Å²) in [6, 6.07) is 0. The van der Waals surface area contributed by atoms with Crippen molar-refractivity contribution in [2.45, 2.75) is 50.8 Å². The zero-order chi connectivity index (χ0) is 11.9. The van der Waals surface area contributed by atoms with Gasteiger partial charge in [0.2, 0.25) is 0 Å². The molecule has 2 saturated heterocycles. The number of ether oxygens (including phenoxy) is 3. The standard InChI is InChI=1S/C10H14O6/c1-4(14-5(2)11)9-8(13)10-6(15-9)3-7(12)16-10/h4,6,8-10,13H,3H2,1-2H3/t4-,6-,8+,9+,10+/m1/s1. The summed E-state index contributed by atoms with van der Waals surface area (Å²) in [6.07, 6.45) is -3.04. The Morgan fingerprint density at radius 3 is 2.88 bits per heavy atom. The average molecular weight is 230 g/mol. The van der Waals surface area contributed by atoms with E-state index in [1.165, 1.54) is 6.92 Å². The van der Waals surface area contributed by atoms with E-state index in [9.17, 15) is 14.7 Å². The zero-order valence-corrected chi connectivity index (χ0v) is 9.08. The fourth-order valence-corrected chi connectivity index (χ4v) is 2.16. The third-order valence-electron chi connectivity index (χ3n) is 2.82. The number of fused-ring (bicyclic) bond motifs is 1. The Hall–Kier alpha value is -1.14. The largest absolute Gasteiger partial charge is 0.460 e. The van der Waals surface area contributed by atoms with Gasteiger partial charge in [-0.1, -0.05) is 0 Å². The molecule has 0 aromatic heterocycles. The summed E-state index contributed by atoms with van der Waals surface area (Å²) in [5, 5.41) is 9.87. The van der Waals surface area contributed by atoms with E-state index in [1.54, 1.807) is 6.92 Å². The van der Waals surface area contributed by atoms with Gasteiger partial charge in [-0.3, -0.25) is 9.59 Å². The normalized spacial score (nSPS) is 39.1. The highest BCUT2D eigenvalue weighted by atomic mass is 16.6. The maximum atomic E-state index is 11.0. The first-order valence-corrected chi connectivity index (χ1v) is 5.19. The average Bonchev–Trinajstić information content (AvgIpc) is 2.64. The van der Waals surface area contributed by atoms with Crippen LogP contribution in [-0.2, 0) is 23.8 Å². The maximum absolute atomic E-state index is 11.0. The van der Waals surface area contributed by atoms with Crippen molar-refractivity contribution in [2.75, 3.05) is 0 Å². The number of hydrogen-bond acceptors (Lipinski definition) is 6. The predicted molar refractivity (Wildman–Crippen MR) is 50.4 cm³/mol. The number of carbonyl (C=O) groups is 2. The van der Waals surface area contributed by atoms with Gasteiger partial charge >= 0.3 is 11.9 Å². The van der Waals surface area contributed by atoms with Crippen LogP contribution in [0.3, 0.4) is 0 Å². The van der Waals surface area contributed by atoms with Crippen LogP contribution < -0.4 is 0 Å². The van der Waals surface area contributed by atoms with Gasteiger partial charge in [-0.15, -0.1) is 0 Å². The SMILES string of the molecule is CC(=O)O[C@H](C)[C@@H]1O[C@@H]2CC(=O)O[C@@H]2[C@H]1O. The highest BCUT2D eigenvalue weighted by Gasteiger charge is 2.53. The molecule has 0 amide bonds. The van der Waals surface area contributed by atoms with Crippen LogP contribution in [0.15, 0.2) is 0 Å². The third kappa shape index (κ3) is 1.90. The number of carbonyl (C=O) groups excluding carboxylic acids is 2. The van der Waals surface area contributed by atoms with E-state index in [0.717, 1.165) is 0 Å². The van der Waals surface area contributed by atoms with Gasteiger partial charge in [0.1, 0.15) is 24.4 Å². The minimum atomic E-state index is -0.939. The molecule has 0 aromatic carbocycles. The topological polar surface area (TPSA) is 82.1 Å². The number of aliphatic hydroxyl groups is 1. The van der Waals surface area contributed by atoms with Crippen molar-refractivity contribution in [3.05, 3.63) is 0 Å². The fourth-order valence-electron chi connectivity index (χ4n) is 2.16. The van der Waals surface area contributed by atoms with E-state index in [0.29, 0.717) is 0 Å². The van der Waals surface area contributed by atoms with Gasteiger partial charge in [-0.05, 0) is 6.92 Å². The summed E-state index contributed by atoms with van der Waals surface area (Å²) in [6.45, 7) is 2.93. The van der Waals surface area contributed by atoms with Gasteiger partial charge in [0.05, 0.1) is 6.42 Å². The van der Waals surface area contributed by atoms with Gasteiger partial charge in [0, 0.05) is 6.92 Å². The molecule has 1 N–H and O–H groups in total. The molecule has 2 aliphatic heterocycles. The van der Waals surface area contributed by atoms with Crippen LogP contribution in [0, 0.1) is 0 Å². The highest BCUT2D eigenvalue weighted by Crippen LogP contribution is 2.33. The summed E-state index contributed by atoms with van der Waals surface area (Å²) < 4.78 is 15.3. The summed E-state index contributed by atoms with van der Waals surface area (Å²) in [4.78, 5) is 21.7. The number of aliphatic hydroxyl groups excluding tert-OH is 1. The minimum Gasteiger partial charge on any atom is -0.460 e. The molecule has 6 heteroatoms. The Bertz CT molecular complexity index is 314. The van der Waals surface area contributed by atoms with Crippen LogP contribution in [0.2, 0.25) is 0 Å². The van der Waals surface area contributed by atoms with Crippen molar-refractivity contribution in [2.24, 2.45) is 0 Å². The van der Waals surface area contributed by atoms with Crippen LogP contribution in [0.4, 0.5) is 0 Å². The van der Waals surface area contributed by atoms with Gasteiger partial charge < -0.3 is 19.3 Å². The first kappa shape index (κ1) is 11.3. The molecular formula is C10H14O6. The van der Waals surface area contributed by atoms with Crippen molar-refractivity contribution in [3.63, 3.8) is 0 Å². The Balaban J connectivity index is 2.00. The second-order valence-corrected chi connectivity index (χ2v) is 4.10. The number of rotatable bonds is 2. The van der Waals surface area contributed by atoms with Gasteiger partial charge in [0.15, 0.2) is 6.10 Å². The summed E-state index contributed by atoms with van der Waals surface area (Å²) in [7, 11) is 0. The molecule has 16 heavy (non-hydrogen) atoms. The lowest BCUT2D eigenvalue weighted by Gasteiger charge is -2.22. The summed E-state index contributed by atoms with van der Waals surface area (Å²) in [5.41, 5.74) is 0. The molecule has 0 saturated carbocycles. The van der Waals surface area contributed by atoms with E-state index < -0.39 is 36.5 Å². The molecule has 0 aliphatic carbocycles. The maximum Gasteiger partial charge on any atom is 0.309 e. The van der Waals surface area contributed by atoms with E-state index in [1.807, 2.05) is 0 Å². The fraction of sp³-hybridized carbons (Fsp3) is 0.800. The summed E-state index contributed by atoms with van der Waals surface area (Å²) in [5.74, 6) is -0.801. The Morgan fingerprint density at radius 1 is 1.62 bits per heavy atom. The molecule has 2 aliphatic rings. The smallest absolute Gasteiger partial charge is 0.309 e. The van der Waals surface area contributed by atoms with Gasteiger partial charge in [-0.2, -0.15) is 0 Å². The second-order valence-electron chi connectivity index (χ2n) is 4.10. The zero-order valence-electron chi connectivity index (χ0n) is 9.08. The van der Waals surface area contributed by atoms with Gasteiger partial charge in [-0.25, -0.2) is 0 Å².